The van der Waals surface area contributed by atoms with Gasteiger partial charge in [0.1, 0.15) is 18.3 Å². The largest absolute Gasteiger partial charge is 0.496 e. The van der Waals surface area contributed by atoms with Crippen LogP contribution in [0.2, 0.25) is 0 Å². The van der Waals surface area contributed by atoms with Crippen LogP contribution >= 0.6 is 0 Å². The zero-order valence-electron chi connectivity index (χ0n) is 21.6. The third-order valence-electron chi connectivity index (χ3n) is 6.73. The van der Waals surface area contributed by atoms with Gasteiger partial charge < -0.3 is 24.4 Å². The van der Waals surface area contributed by atoms with E-state index in [4.69, 9.17) is 4.74 Å². The monoisotopic (exact) mass is 488 g/mol. The van der Waals surface area contributed by atoms with Gasteiger partial charge in [0.25, 0.3) is 0 Å². The molecule has 1 atom stereocenters. The lowest BCUT2D eigenvalue weighted by atomic mass is 9.98. The number of nitrogens with zero attached hydrogens (tertiary/aromatic N) is 3. The highest BCUT2D eigenvalue weighted by Crippen LogP contribution is 2.37. The summed E-state index contributed by atoms with van der Waals surface area (Å²) < 4.78 is 7.82. The Hall–Kier alpha value is -3.74. The number of anilines is 1. The third-order valence-corrected chi connectivity index (χ3v) is 6.73. The molecule has 2 heterocycles. The first-order chi connectivity index (χ1) is 17.4. The van der Waals surface area contributed by atoms with Gasteiger partial charge in [0.2, 0.25) is 5.91 Å². The average Bonchev–Trinajstić information content (AvgIpc) is 3.37. The van der Waals surface area contributed by atoms with Crippen molar-refractivity contribution in [2.45, 2.75) is 45.7 Å². The molecule has 0 bridgehead atoms. The maximum Gasteiger partial charge on any atom is 0.322 e. The first kappa shape index (κ1) is 25.4. The topological polar surface area (TPSA) is 66.8 Å². The van der Waals surface area contributed by atoms with Crippen molar-refractivity contribution >= 4 is 17.6 Å². The SMILES string of the molecule is CCCN(CC(=O)N1CCn2cccc2C1c1ccccc1OC)C(=O)Nc1ccc(C(C)C)cc1. The van der Waals surface area contributed by atoms with Crippen molar-refractivity contribution in [3.05, 3.63) is 83.7 Å². The smallest absolute Gasteiger partial charge is 0.322 e. The molecule has 3 amide bonds. The van der Waals surface area contributed by atoms with Gasteiger partial charge in [0.05, 0.1) is 7.11 Å². The number of para-hydroxylation sites is 1. The number of amides is 3. The number of ether oxygens (including phenoxy) is 1. The second kappa shape index (κ2) is 11.3. The first-order valence-corrected chi connectivity index (χ1v) is 12.7. The van der Waals surface area contributed by atoms with Gasteiger partial charge in [0, 0.05) is 42.8 Å². The number of rotatable bonds is 8. The van der Waals surface area contributed by atoms with Crippen LogP contribution < -0.4 is 10.1 Å². The van der Waals surface area contributed by atoms with E-state index < -0.39 is 0 Å². The van der Waals surface area contributed by atoms with E-state index in [2.05, 4.69) is 23.7 Å². The fraction of sp³-hybridized carbons (Fsp3) is 0.379. The van der Waals surface area contributed by atoms with Crippen LogP contribution in [-0.4, -0.2) is 53.0 Å². The fourth-order valence-electron chi connectivity index (χ4n) is 4.80. The van der Waals surface area contributed by atoms with Crippen LogP contribution in [0.25, 0.3) is 0 Å². The Labute approximate surface area is 213 Å². The van der Waals surface area contributed by atoms with Gasteiger partial charge in [-0.2, -0.15) is 0 Å². The van der Waals surface area contributed by atoms with E-state index in [1.807, 2.05) is 78.7 Å². The molecule has 190 valence electrons. The minimum atomic E-state index is -0.285. The van der Waals surface area contributed by atoms with Crippen molar-refractivity contribution < 1.29 is 14.3 Å². The minimum Gasteiger partial charge on any atom is -0.496 e. The highest BCUT2D eigenvalue weighted by atomic mass is 16.5. The van der Waals surface area contributed by atoms with E-state index in [9.17, 15) is 9.59 Å². The number of nitrogens with one attached hydrogen (secondary N) is 1. The molecular weight excluding hydrogens is 452 g/mol. The fourth-order valence-corrected chi connectivity index (χ4v) is 4.80. The van der Waals surface area contributed by atoms with Crippen molar-refractivity contribution in [1.82, 2.24) is 14.4 Å². The van der Waals surface area contributed by atoms with E-state index in [1.165, 1.54) is 5.56 Å². The number of hydrogen-bond acceptors (Lipinski definition) is 3. The number of benzene rings is 2. The number of carbonyl (C=O) groups is 2. The van der Waals surface area contributed by atoms with Crippen molar-refractivity contribution in [2.75, 3.05) is 32.1 Å². The molecule has 3 aromatic rings. The standard InChI is InChI=1S/C29H36N4O3/c1-5-16-32(29(35)30-23-14-12-22(13-15-23)21(2)3)20-27(34)33-19-18-31-17-8-10-25(31)28(33)24-9-6-7-11-26(24)36-4/h6-15,17,21,28H,5,16,18-20H2,1-4H3,(H,30,35). The van der Waals surface area contributed by atoms with Crippen molar-refractivity contribution in [3.8, 4) is 5.75 Å². The van der Waals surface area contributed by atoms with Crippen molar-refractivity contribution in [2.24, 2.45) is 0 Å². The summed E-state index contributed by atoms with van der Waals surface area (Å²) in [5.41, 5.74) is 3.91. The summed E-state index contributed by atoms with van der Waals surface area (Å²) in [6.45, 7) is 8.05. The summed E-state index contributed by atoms with van der Waals surface area (Å²) in [5, 5.41) is 2.97. The molecule has 1 aliphatic heterocycles. The van der Waals surface area contributed by atoms with Gasteiger partial charge in [-0.1, -0.05) is 51.1 Å². The van der Waals surface area contributed by atoms with Gasteiger partial charge in [0.15, 0.2) is 0 Å². The van der Waals surface area contributed by atoms with Crippen molar-refractivity contribution in [3.63, 3.8) is 0 Å². The maximum atomic E-state index is 13.7. The van der Waals surface area contributed by atoms with Gasteiger partial charge in [-0.05, 0) is 48.2 Å². The summed E-state index contributed by atoms with van der Waals surface area (Å²) in [7, 11) is 1.65. The molecule has 1 aliphatic rings. The Morgan fingerprint density at radius 3 is 2.50 bits per heavy atom. The lowest BCUT2D eigenvalue weighted by molar-refractivity contribution is -0.134. The van der Waals surface area contributed by atoms with Gasteiger partial charge in [-0.25, -0.2) is 4.79 Å². The molecule has 0 saturated carbocycles. The quantitative estimate of drug-likeness (QED) is 0.456. The van der Waals surface area contributed by atoms with Crippen LogP contribution in [0.15, 0.2) is 66.9 Å². The molecule has 1 N–H and O–H groups in total. The number of fused-ring (bicyclic) bond motifs is 1. The Balaban J connectivity index is 1.55. The predicted octanol–water partition coefficient (Wildman–Crippen LogP) is 5.50. The van der Waals surface area contributed by atoms with Crippen LogP contribution in [0, 0.1) is 0 Å². The van der Waals surface area contributed by atoms with E-state index in [-0.39, 0.29) is 24.5 Å². The van der Waals surface area contributed by atoms with E-state index in [1.54, 1.807) is 12.0 Å². The van der Waals surface area contributed by atoms with E-state index in [0.717, 1.165) is 29.1 Å². The second-order valence-corrected chi connectivity index (χ2v) is 9.49. The zero-order chi connectivity index (χ0) is 25.7. The number of urea groups is 1. The number of methoxy groups -OCH3 is 1. The summed E-state index contributed by atoms with van der Waals surface area (Å²) in [6.07, 6.45) is 2.80. The van der Waals surface area contributed by atoms with E-state index in [0.29, 0.717) is 25.6 Å². The predicted molar refractivity (Wildman–Crippen MR) is 142 cm³/mol. The van der Waals surface area contributed by atoms with E-state index >= 15 is 0 Å². The van der Waals surface area contributed by atoms with Gasteiger partial charge >= 0.3 is 6.03 Å². The molecule has 0 saturated heterocycles. The maximum absolute atomic E-state index is 13.7. The molecular formula is C29H36N4O3. The number of carbonyl (C=O) groups excluding carboxylic acids is 2. The molecule has 0 aliphatic carbocycles. The number of hydrogen-bond donors (Lipinski definition) is 1. The molecule has 1 aromatic heterocycles. The Bertz CT molecular complexity index is 1190. The molecule has 1 unspecified atom stereocenters. The van der Waals surface area contributed by atoms with Crippen molar-refractivity contribution in [1.29, 1.82) is 0 Å². The molecule has 7 nitrogen and oxygen atoms in total. The van der Waals surface area contributed by atoms with Crippen LogP contribution in [0.1, 0.15) is 56.0 Å². The summed E-state index contributed by atoms with van der Waals surface area (Å²) in [4.78, 5) is 30.4. The average molecular weight is 489 g/mol. The Kier molecular flexibility index (Phi) is 7.98. The lowest BCUT2D eigenvalue weighted by Crippen LogP contribution is -2.49. The summed E-state index contributed by atoms with van der Waals surface area (Å²) in [6, 6.07) is 19.2. The first-order valence-electron chi connectivity index (χ1n) is 12.7. The number of aromatic nitrogens is 1. The molecule has 4 rings (SSSR count). The highest BCUT2D eigenvalue weighted by molar-refractivity contribution is 5.92. The van der Waals surface area contributed by atoms with Gasteiger partial charge in [-0.15, -0.1) is 0 Å². The minimum absolute atomic E-state index is 0.0100. The molecule has 2 aromatic carbocycles. The van der Waals surface area contributed by atoms with Crippen LogP contribution in [-0.2, 0) is 11.3 Å². The summed E-state index contributed by atoms with van der Waals surface area (Å²) >= 11 is 0. The van der Waals surface area contributed by atoms with Crippen LogP contribution in [0.3, 0.4) is 0 Å². The van der Waals surface area contributed by atoms with Crippen LogP contribution in [0.5, 0.6) is 5.75 Å². The molecule has 0 radical (unpaired) electrons. The molecule has 0 fully saturated rings. The van der Waals surface area contributed by atoms with Gasteiger partial charge in [-0.3, -0.25) is 4.79 Å². The normalized spacial score (nSPS) is 14.9. The molecule has 7 heteroatoms. The highest BCUT2D eigenvalue weighted by Gasteiger charge is 2.34. The Morgan fingerprint density at radius 1 is 1.06 bits per heavy atom. The molecule has 0 spiro atoms. The summed E-state index contributed by atoms with van der Waals surface area (Å²) in [5.74, 6) is 1.07. The lowest BCUT2D eigenvalue weighted by Gasteiger charge is -2.38. The van der Waals surface area contributed by atoms with Crippen LogP contribution in [0.4, 0.5) is 10.5 Å². The zero-order valence-corrected chi connectivity index (χ0v) is 21.6. The molecule has 36 heavy (non-hydrogen) atoms. The third kappa shape index (κ3) is 5.40. The Morgan fingerprint density at radius 2 is 1.81 bits per heavy atom. The second-order valence-electron chi connectivity index (χ2n) is 9.49.